The molecule has 0 fully saturated rings. The number of amides is 2. The van der Waals surface area contributed by atoms with Gasteiger partial charge in [-0.25, -0.2) is 8.42 Å². The van der Waals surface area contributed by atoms with Gasteiger partial charge in [0.25, 0.3) is 10.0 Å². The Labute approximate surface area is 117 Å². The van der Waals surface area contributed by atoms with Gasteiger partial charge in [0.15, 0.2) is 0 Å². The molecule has 1 aromatic carbocycles. The van der Waals surface area contributed by atoms with Crippen LogP contribution in [0.4, 0.5) is 0 Å². The fourth-order valence-corrected chi connectivity index (χ4v) is 2.26. The van der Waals surface area contributed by atoms with Crippen molar-refractivity contribution in [3.8, 4) is 0 Å². The van der Waals surface area contributed by atoms with E-state index in [1.54, 1.807) is 0 Å². The lowest BCUT2D eigenvalue weighted by molar-refractivity contribution is -0.122. The van der Waals surface area contributed by atoms with Gasteiger partial charge in [0, 0.05) is 12.0 Å². The van der Waals surface area contributed by atoms with E-state index in [0.29, 0.717) is 0 Å². The van der Waals surface area contributed by atoms with Crippen LogP contribution < -0.4 is 16.0 Å². The maximum atomic E-state index is 11.9. The molecule has 2 amide bonds. The van der Waals surface area contributed by atoms with Crippen LogP contribution in [0.1, 0.15) is 30.6 Å². The third-order valence-electron chi connectivity index (χ3n) is 2.37. The van der Waals surface area contributed by atoms with Gasteiger partial charge in [0.05, 0.1) is 4.90 Å². The van der Waals surface area contributed by atoms with Crippen molar-refractivity contribution < 1.29 is 18.0 Å². The molecule has 4 N–H and O–H groups in total. The number of carbonyl (C=O) groups excluding carboxylic acids is 2. The molecule has 0 bridgehead atoms. The molecule has 0 atom stereocenters. The number of hydrazine groups is 1. The molecule has 110 valence electrons. The molecule has 8 heteroatoms. The number of primary amides is 1. The zero-order valence-corrected chi connectivity index (χ0v) is 12.0. The van der Waals surface area contributed by atoms with Gasteiger partial charge in [-0.15, -0.1) is 4.83 Å². The normalized spacial score (nSPS) is 11.3. The van der Waals surface area contributed by atoms with Gasteiger partial charge in [0.1, 0.15) is 0 Å². The standard InChI is InChI=1S/C12H17N3O4S/c1-8(2)7-11(16)14-15-20(18,19)10-5-3-9(4-6-10)12(13)17/h3-6,8,15H,7H2,1-2H3,(H2,13,17)(H,14,16). The quantitative estimate of drug-likeness (QED) is 0.647. The van der Waals surface area contributed by atoms with Gasteiger partial charge in [-0.05, 0) is 30.2 Å². The molecule has 0 aliphatic rings. The smallest absolute Gasteiger partial charge is 0.257 e. The van der Waals surface area contributed by atoms with Gasteiger partial charge >= 0.3 is 0 Å². The van der Waals surface area contributed by atoms with E-state index < -0.39 is 21.8 Å². The fourth-order valence-electron chi connectivity index (χ4n) is 1.40. The third kappa shape index (κ3) is 4.63. The number of hydrogen-bond donors (Lipinski definition) is 3. The van der Waals surface area contributed by atoms with E-state index >= 15 is 0 Å². The Morgan fingerprint density at radius 3 is 2.20 bits per heavy atom. The highest BCUT2D eigenvalue weighted by Gasteiger charge is 2.15. The number of nitrogens with two attached hydrogens (primary N) is 1. The molecular formula is C12H17N3O4S. The minimum Gasteiger partial charge on any atom is -0.366 e. The molecule has 1 aromatic rings. The first-order chi connectivity index (χ1) is 9.22. The minimum absolute atomic E-state index is 0.0765. The van der Waals surface area contributed by atoms with Crippen molar-refractivity contribution in [2.75, 3.05) is 0 Å². The van der Waals surface area contributed by atoms with Crippen LogP contribution in [0.3, 0.4) is 0 Å². The molecule has 7 nitrogen and oxygen atoms in total. The summed E-state index contributed by atoms with van der Waals surface area (Å²) in [5.74, 6) is -0.946. The summed E-state index contributed by atoms with van der Waals surface area (Å²) in [5.41, 5.74) is 7.38. The molecule has 0 radical (unpaired) electrons. The molecule has 0 aliphatic carbocycles. The minimum atomic E-state index is -3.87. The zero-order valence-electron chi connectivity index (χ0n) is 11.2. The summed E-state index contributed by atoms with van der Waals surface area (Å²) in [4.78, 5) is 24.2. The van der Waals surface area contributed by atoms with Crippen molar-refractivity contribution in [3.05, 3.63) is 29.8 Å². The van der Waals surface area contributed by atoms with Crippen LogP contribution >= 0.6 is 0 Å². The van der Waals surface area contributed by atoms with Crippen molar-refractivity contribution >= 4 is 21.8 Å². The van der Waals surface area contributed by atoms with Gasteiger partial charge in [0.2, 0.25) is 11.8 Å². The molecule has 0 saturated heterocycles. The van der Waals surface area contributed by atoms with Gasteiger partial charge in [-0.1, -0.05) is 13.8 Å². The second-order valence-corrected chi connectivity index (χ2v) is 6.32. The Hall–Kier alpha value is -1.93. The zero-order chi connectivity index (χ0) is 15.3. The SMILES string of the molecule is CC(C)CC(=O)NNS(=O)(=O)c1ccc(C(N)=O)cc1. The summed E-state index contributed by atoms with van der Waals surface area (Å²) in [6, 6.07) is 5.06. The van der Waals surface area contributed by atoms with Crippen LogP contribution in [0, 0.1) is 5.92 Å². The lowest BCUT2D eigenvalue weighted by atomic mass is 10.1. The molecule has 0 heterocycles. The molecule has 0 unspecified atom stereocenters. The Morgan fingerprint density at radius 2 is 1.75 bits per heavy atom. The Bertz CT molecular complexity index is 594. The summed E-state index contributed by atoms with van der Waals surface area (Å²) in [6.45, 7) is 3.69. The van der Waals surface area contributed by atoms with E-state index in [4.69, 9.17) is 5.73 Å². The highest BCUT2D eigenvalue weighted by atomic mass is 32.2. The first-order valence-corrected chi connectivity index (χ1v) is 7.41. The second-order valence-electron chi connectivity index (χ2n) is 4.64. The first-order valence-electron chi connectivity index (χ1n) is 5.93. The van der Waals surface area contributed by atoms with Crippen LogP contribution in [0.25, 0.3) is 0 Å². The highest BCUT2D eigenvalue weighted by molar-refractivity contribution is 7.89. The lowest BCUT2D eigenvalue weighted by Gasteiger charge is -2.09. The predicted molar refractivity (Wildman–Crippen MR) is 72.9 cm³/mol. The number of carbonyl (C=O) groups is 2. The fraction of sp³-hybridized carbons (Fsp3) is 0.333. The van der Waals surface area contributed by atoms with Crippen LogP contribution in [0.15, 0.2) is 29.2 Å². The topological polar surface area (TPSA) is 118 Å². The molecule has 0 aliphatic heterocycles. The van der Waals surface area contributed by atoms with Crippen molar-refractivity contribution in [2.45, 2.75) is 25.2 Å². The maximum absolute atomic E-state index is 11.9. The summed E-state index contributed by atoms with van der Waals surface area (Å²) in [6.07, 6.45) is 0.211. The molecule has 1 rings (SSSR count). The number of nitrogens with one attached hydrogen (secondary N) is 2. The number of rotatable bonds is 6. The van der Waals surface area contributed by atoms with Crippen LogP contribution in [0.2, 0.25) is 0 Å². The second kappa shape index (κ2) is 6.49. The number of benzene rings is 1. The monoisotopic (exact) mass is 299 g/mol. The first kappa shape index (κ1) is 16.1. The lowest BCUT2D eigenvalue weighted by Crippen LogP contribution is -2.41. The van der Waals surface area contributed by atoms with E-state index in [-0.39, 0.29) is 22.8 Å². The average molecular weight is 299 g/mol. The van der Waals surface area contributed by atoms with Crippen LogP contribution in [0.5, 0.6) is 0 Å². The molecular weight excluding hydrogens is 282 g/mol. The van der Waals surface area contributed by atoms with Crippen molar-refractivity contribution in [3.63, 3.8) is 0 Å². The molecule has 0 spiro atoms. The van der Waals surface area contributed by atoms with E-state index in [0.717, 1.165) is 0 Å². The summed E-state index contributed by atoms with van der Waals surface area (Å²) in [5, 5.41) is 0. The van der Waals surface area contributed by atoms with E-state index in [1.165, 1.54) is 24.3 Å². The predicted octanol–water partition coefficient (Wildman–Crippen LogP) is 0.141. The van der Waals surface area contributed by atoms with E-state index in [9.17, 15) is 18.0 Å². The van der Waals surface area contributed by atoms with Crippen LogP contribution in [-0.4, -0.2) is 20.2 Å². The van der Waals surface area contributed by atoms with Crippen molar-refractivity contribution in [2.24, 2.45) is 11.7 Å². The van der Waals surface area contributed by atoms with Gasteiger partial charge in [-0.3, -0.25) is 15.0 Å². The van der Waals surface area contributed by atoms with Gasteiger partial charge in [-0.2, -0.15) is 0 Å². The summed E-state index contributed by atoms with van der Waals surface area (Å²) < 4.78 is 23.7. The van der Waals surface area contributed by atoms with Crippen molar-refractivity contribution in [1.29, 1.82) is 0 Å². The number of sulfonamides is 1. The van der Waals surface area contributed by atoms with E-state index in [2.05, 4.69) is 5.43 Å². The molecule has 0 aromatic heterocycles. The Morgan fingerprint density at radius 1 is 1.20 bits per heavy atom. The Kier molecular flexibility index (Phi) is 5.23. The molecule has 0 saturated carbocycles. The Balaban J connectivity index is 2.74. The summed E-state index contributed by atoms with van der Waals surface area (Å²) >= 11 is 0. The van der Waals surface area contributed by atoms with E-state index in [1.807, 2.05) is 18.7 Å². The third-order valence-corrected chi connectivity index (χ3v) is 3.63. The van der Waals surface area contributed by atoms with Gasteiger partial charge < -0.3 is 5.73 Å². The molecule has 20 heavy (non-hydrogen) atoms. The highest BCUT2D eigenvalue weighted by Crippen LogP contribution is 2.09. The summed E-state index contributed by atoms with van der Waals surface area (Å²) in [7, 11) is -3.87. The maximum Gasteiger partial charge on any atom is 0.257 e. The van der Waals surface area contributed by atoms with Crippen LogP contribution in [-0.2, 0) is 14.8 Å². The van der Waals surface area contributed by atoms with Crippen molar-refractivity contribution in [1.82, 2.24) is 10.3 Å². The largest absolute Gasteiger partial charge is 0.366 e. The average Bonchev–Trinajstić information content (AvgIpc) is 2.36. The number of hydrogen-bond acceptors (Lipinski definition) is 4.